The SMILES string of the molecule is CCNC(=O)CNC1=NCC(C(CC)CC)S1. The molecule has 1 heterocycles. The molecule has 17 heavy (non-hydrogen) atoms. The first kappa shape index (κ1) is 14.4. The summed E-state index contributed by atoms with van der Waals surface area (Å²) < 4.78 is 0. The van der Waals surface area contributed by atoms with Gasteiger partial charge in [0.05, 0.1) is 13.1 Å². The van der Waals surface area contributed by atoms with Crippen LogP contribution in [-0.4, -0.2) is 36.0 Å². The zero-order valence-electron chi connectivity index (χ0n) is 11.0. The number of amidine groups is 1. The monoisotopic (exact) mass is 257 g/mol. The van der Waals surface area contributed by atoms with Crippen molar-refractivity contribution in [3.63, 3.8) is 0 Å². The van der Waals surface area contributed by atoms with Crippen LogP contribution < -0.4 is 10.6 Å². The summed E-state index contributed by atoms with van der Waals surface area (Å²) >= 11 is 1.79. The fraction of sp³-hybridized carbons (Fsp3) is 0.833. The molecule has 2 N–H and O–H groups in total. The number of hydrogen-bond donors (Lipinski definition) is 2. The van der Waals surface area contributed by atoms with Crippen molar-refractivity contribution < 1.29 is 4.79 Å². The summed E-state index contributed by atoms with van der Waals surface area (Å²) in [7, 11) is 0. The van der Waals surface area contributed by atoms with E-state index in [1.807, 2.05) is 6.92 Å². The van der Waals surface area contributed by atoms with E-state index in [0.717, 1.165) is 17.6 Å². The number of rotatable bonds is 6. The topological polar surface area (TPSA) is 53.5 Å². The third-order valence-electron chi connectivity index (χ3n) is 3.03. The van der Waals surface area contributed by atoms with Gasteiger partial charge >= 0.3 is 0 Å². The lowest BCUT2D eigenvalue weighted by Crippen LogP contribution is -2.35. The van der Waals surface area contributed by atoms with Crippen LogP contribution in [0.5, 0.6) is 0 Å². The number of carbonyl (C=O) groups excluding carboxylic acids is 1. The highest BCUT2D eigenvalue weighted by Gasteiger charge is 2.25. The van der Waals surface area contributed by atoms with Gasteiger partial charge in [0.2, 0.25) is 5.91 Å². The third kappa shape index (κ3) is 4.58. The average molecular weight is 257 g/mol. The minimum absolute atomic E-state index is 0.0294. The Morgan fingerprint density at radius 3 is 2.76 bits per heavy atom. The molecule has 0 aromatic heterocycles. The quantitative estimate of drug-likeness (QED) is 0.760. The predicted octanol–water partition coefficient (Wildman–Crippen LogP) is 1.62. The van der Waals surface area contributed by atoms with E-state index in [4.69, 9.17) is 0 Å². The Kier molecular flexibility index (Phi) is 6.40. The zero-order chi connectivity index (χ0) is 12.7. The summed E-state index contributed by atoms with van der Waals surface area (Å²) in [5.74, 6) is 0.759. The minimum atomic E-state index is 0.0294. The summed E-state index contributed by atoms with van der Waals surface area (Å²) in [6, 6.07) is 0. The Labute approximate surface area is 108 Å². The van der Waals surface area contributed by atoms with Crippen LogP contribution in [0, 0.1) is 5.92 Å². The van der Waals surface area contributed by atoms with Crippen LogP contribution >= 0.6 is 11.8 Å². The molecule has 0 aromatic rings. The number of amides is 1. The molecule has 0 spiro atoms. The summed E-state index contributed by atoms with van der Waals surface area (Å²) in [6.45, 7) is 8.27. The maximum Gasteiger partial charge on any atom is 0.239 e. The number of nitrogens with one attached hydrogen (secondary N) is 2. The number of hydrogen-bond acceptors (Lipinski definition) is 4. The van der Waals surface area contributed by atoms with Crippen LogP contribution in [0.25, 0.3) is 0 Å². The van der Waals surface area contributed by atoms with Gasteiger partial charge in [0.1, 0.15) is 0 Å². The van der Waals surface area contributed by atoms with E-state index in [0.29, 0.717) is 18.3 Å². The molecule has 98 valence electrons. The Hall–Kier alpha value is -0.710. The normalized spacial score (nSPS) is 19.3. The third-order valence-corrected chi connectivity index (χ3v) is 4.36. The fourth-order valence-corrected chi connectivity index (χ4v) is 3.28. The zero-order valence-corrected chi connectivity index (χ0v) is 11.8. The van der Waals surface area contributed by atoms with Crippen molar-refractivity contribution in [1.82, 2.24) is 10.6 Å². The van der Waals surface area contributed by atoms with Gasteiger partial charge in [0.25, 0.3) is 0 Å². The van der Waals surface area contributed by atoms with Crippen molar-refractivity contribution in [1.29, 1.82) is 0 Å². The van der Waals surface area contributed by atoms with Crippen LogP contribution in [0.15, 0.2) is 4.99 Å². The van der Waals surface area contributed by atoms with Crippen molar-refractivity contribution in [2.75, 3.05) is 19.6 Å². The second kappa shape index (κ2) is 7.58. The van der Waals surface area contributed by atoms with E-state index < -0.39 is 0 Å². The standard InChI is InChI=1S/C12H23N3OS/c1-4-9(5-2)10-7-14-12(17-10)15-8-11(16)13-6-3/h9-10H,4-8H2,1-3H3,(H,13,16)(H,14,15). The molecule has 4 nitrogen and oxygen atoms in total. The molecule has 1 aliphatic rings. The molecule has 0 radical (unpaired) electrons. The Morgan fingerprint density at radius 2 is 2.18 bits per heavy atom. The summed E-state index contributed by atoms with van der Waals surface area (Å²) in [4.78, 5) is 15.7. The first-order valence-electron chi connectivity index (χ1n) is 6.42. The van der Waals surface area contributed by atoms with Crippen LogP contribution in [0.2, 0.25) is 0 Å². The highest BCUT2D eigenvalue weighted by molar-refractivity contribution is 8.14. The molecule has 1 unspecified atom stereocenters. The largest absolute Gasteiger partial charge is 0.356 e. The average Bonchev–Trinajstić information content (AvgIpc) is 2.77. The van der Waals surface area contributed by atoms with Gasteiger partial charge in [-0.1, -0.05) is 38.5 Å². The second-order valence-electron chi connectivity index (χ2n) is 4.19. The lowest BCUT2D eigenvalue weighted by Gasteiger charge is -2.18. The highest BCUT2D eigenvalue weighted by Crippen LogP contribution is 2.30. The van der Waals surface area contributed by atoms with E-state index in [1.165, 1.54) is 12.8 Å². The number of thioether (sulfide) groups is 1. The molecule has 0 bridgehead atoms. The molecule has 1 atom stereocenters. The smallest absolute Gasteiger partial charge is 0.239 e. The van der Waals surface area contributed by atoms with Gasteiger partial charge in [-0.25, -0.2) is 0 Å². The van der Waals surface area contributed by atoms with Crippen molar-refractivity contribution in [2.45, 2.75) is 38.9 Å². The molecule has 1 rings (SSSR count). The molecule has 0 aliphatic carbocycles. The van der Waals surface area contributed by atoms with E-state index in [1.54, 1.807) is 11.8 Å². The molecule has 0 saturated carbocycles. The molecule has 0 aromatic carbocycles. The van der Waals surface area contributed by atoms with Gasteiger partial charge in [-0.2, -0.15) is 0 Å². The van der Waals surface area contributed by atoms with Crippen LogP contribution in [0.4, 0.5) is 0 Å². The van der Waals surface area contributed by atoms with Gasteiger partial charge in [-0.15, -0.1) is 0 Å². The van der Waals surface area contributed by atoms with Crippen molar-refractivity contribution >= 4 is 22.8 Å². The Balaban J connectivity index is 2.27. The fourth-order valence-electron chi connectivity index (χ4n) is 1.96. The summed E-state index contributed by atoms with van der Waals surface area (Å²) in [5, 5.41) is 7.37. The van der Waals surface area contributed by atoms with Gasteiger partial charge < -0.3 is 10.6 Å². The van der Waals surface area contributed by atoms with Crippen LogP contribution in [-0.2, 0) is 4.79 Å². The molecule has 1 aliphatic heterocycles. The van der Waals surface area contributed by atoms with Crippen LogP contribution in [0.1, 0.15) is 33.6 Å². The van der Waals surface area contributed by atoms with Crippen LogP contribution in [0.3, 0.4) is 0 Å². The predicted molar refractivity (Wildman–Crippen MR) is 74.4 cm³/mol. The number of carbonyl (C=O) groups is 1. The van der Waals surface area contributed by atoms with E-state index in [2.05, 4.69) is 29.5 Å². The number of likely N-dealkylation sites (N-methyl/N-ethyl adjacent to an activating group) is 1. The molecule has 5 heteroatoms. The van der Waals surface area contributed by atoms with Gasteiger partial charge in [-0.3, -0.25) is 9.79 Å². The highest BCUT2D eigenvalue weighted by atomic mass is 32.2. The van der Waals surface area contributed by atoms with Gasteiger partial charge in [0.15, 0.2) is 5.17 Å². The van der Waals surface area contributed by atoms with Crippen molar-refractivity contribution in [3.8, 4) is 0 Å². The first-order chi connectivity index (χ1) is 8.21. The lowest BCUT2D eigenvalue weighted by molar-refractivity contribution is -0.119. The molecule has 0 fully saturated rings. The number of nitrogens with zero attached hydrogens (tertiary/aromatic N) is 1. The maximum absolute atomic E-state index is 11.3. The molecule has 0 saturated heterocycles. The molecular formula is C12H23N3OS. The van der Waals surface area contributed by atoms with E-state index in [9.17, 15) is 4.79 Å². The second-order valence-corrected chi connectivity index (χ2v) is 5.41. The van der Waals surface area contributed by atoms with Crippen molar-refractivity contribution in [3.05, 3.63) is 0 Å². The summed E-state index contributed by atoms with van der Waals surface area (Å²) in [5.41, 5.74) is 0. The molecular weight excluding hydrogens is 234 g/mol. The van der Waals surface area contributed by atoms with Gasteiger partial charge in [-0.05, 0) is 12.8 Å². The Bertz CT molecular complexity index is 277. The number of aliphatic imine (C=N–C) groups is 1. The van der Waals surface area contributed by atoms with Crippen molar-refractivity contribution in [2.24, 2.45) is 10.9 Å². The van der Waals surface area contributed by atoms with E-state index >= 15 is 0 Å². The first-order valence-corrected chi connectivity index (χ1v) is 7.30. The Morgan fingerprint density at radius 1 is 1.47 bits per heavy atom. The van der Waals surface area contributed by atoms with E-state index in [-0.39, 0.29) is 5.91 Å². The molecule has 1 amide bonds. The minimum Gasteiger partial charge on any atom is -0.356 e. The maximum atomic E-state index is 11.3. The van der Waals surface area contributed by atoms with Gasteiger partial charge in [0, 0.05) is 11.8 Å². The summed E-state index contributed by atoms with van der Waals surface area (Å²) in [6.07, 6.45) is 2.40. The lowest BCUT2D eigenvalue weighted by atomic mass is 9.99.